The minimum atomic E-state index is -1.01. The molecule has 0 aliphatic carbocycles. The number of carbonyl (C=O) groups excluding carboxylic acids is 2. The lowest BCUT2D eigenvalue weighted by Gasteiger charge is -2.31. The number of nitrogens with zero attached hydrogens (tertiary/aromatic N) is 2. The lowest BCUT2D eigenvalue weighted by atomic mass is 9.94. The maximum Gasteiger partial charge on any atom is 0.295 e. The molecule has 178 valence electrons. The van der Waals surface area contributed by atoms with Gasteiger partial charge in [0.15, 0.2) is 0 Å². The van der Waals surface area contributed by atoms with Crippen molar-refractivity contribution >= 4 is 17.4 Å². The van der Waals surface area contributed by atoms with Crippen molar-refractivity contribution in [1.82, 2.24) is 9.80 Å². The summed E-state index contributed by atoms with van der Waals surface area (Å²) in [6.45, 7) is 5.38. The molecule has 7 nitrogen and oxygen atoms in total. The van der Waals surface area contributed by atoms with E-state index in [4.69, 9.17) is 9.47 Å². The molecular weight excluding hydrogens is 439 g/mol. The van der Waals surface area contributed by atoms with Crippen LogP contribution in [0.2, 0.25) is 0 Å². The van der Waals surface area contributed by atoms with Crippen molar-refractivity contribution in [1.29, 1.82) is 0 Å². The summed E-state index contributed by atoms with van der Waals surface area (Å²) in [5.41, 5.74) is 1.41. The standard InChI is InChI=1S/C26H27FN2O5/c1-16-14-18-15-17(6-7-21(18)34-16)24(30)22-23(19-4-2-3-5-20(19)27)29(26(32)25(22)31)9-8-28-10-12-33-13-11-28/h2-7,15-16,23,30H,8-14H2,1H3/b24-22+/t16-,23-/m1/s1. The van der Waals surface area contributed by atoms with Crippen LogP contribution in [0.15, 0.2) is 48.0 Å². The van der Waals surface area contributed by atoms with Gasteiger partial charge >= 0.3 is 0 Å². The van der Waals surface area contributed by atoms with Crippen LogP contribution in [0.1, 0.15) is 29.7 Å². The number of halogens is 1. The van der Waals surface area contributed by atoms with Crippen molar-refractivity contribution in [3.05, 3.63) is 70.5 Å². The van der Waals surface area contributed by atoms with Gasteiger partial charge < -0.3 is 19.5 Å². The molecule has 3 heterocycles. The molecule has 2 saturated heterocycles. The van der Waals surface area contributed by atoms with Gasteiger partial charge in [-0.1, -0.05) is 18.2 Å². The molecule has 0 spiro atoms. The van der Waals surface area contributed by atoms with Gasteiger partial charge in [0.2, 0.25) is 0 Å². The molecule has 0 unspecified atom stereocenters. The molecule has 5 rings (SSSR count). The van der Waals surface area contributed by atoms with Gasteiger partial charge in [0.05, 0.1) is 24.8 Å². The fourth-order valence-electron chi connectivity index (χ4n) is 4.93. The van der Waals surface area contributed by atoms with E-state index in [-0.39, 0.29) is 29.5 Å². The van der Waals surface area contributed by atoms with Gasteiger partial charge in [-0.3, -0.25) is 14.5 Å². The van der Waals surface area contributed by atoms with E-state index in [1.54, 1.807) is 36.4 Å². The maximum atomic E-state index is 14.9. The zero-order valence-corrected chi connectivity index (χ0v) is 19.0. The summed E-state index contributed by atoms with van der Waals surface area (Å²) < 4.78 is 26.0. The van der Waals surface area contributed by atoms with Crippen molar-refractivity contribution in [2.45, 2.75) is 25.5 Å². The van der Waals surface area contributed by atoms with E-state index in [0.717, 1.165) is 24.4 Å². The van der Waals surface area contributed by atoms with Gasteiger partial charge in [-0.2, -0.15) is 0 Å². The summed E-state index contributed by atoms with van der Waals surface area (Å²) >= 11 is 0. The average Bonchev–Trinajstić information content (AvgIpc) is 3.33. The van der Waals surface area contributed by atoms with E-state index in [9.17, 15) is 19.1 Å². The quantitative estimate of drug-likeness (QED) is 0.415. The second-order valence-corrected chi connectivity index (χ2v) is 8.92. The summed E-state index contributed by atoms with van der Waals surface area (Å²) in [7, 11) is 0. The number of aliphatic hydroxyl groups is 1. The van der Waals surface area contributed by atoms with Gasteiger partial charge in [0.1, 0.15) is 23.4 Å². The minimum Gasteiger partial charge on any atom is -0.507 e. The third-order valence-electron chi connectivity index (χ3n) is 6.67. The number of ketones is 1. The molecule has 2 fully saturated rings. The Bertz CT molecular complexity index is 1160. The van der Waals surface area contributed by atoms with E-state index >= 15 is 0 Å². The molecule has 1 N–H and O–H groups in total. The number of hydrogen-bond acceptors (Lipinski definition) is 6. The second-order valence-electron chi connectivity index (χ2n) is 8.92. The Morgan fingerprint density at radius 2 is 1.88 bits per heavy atom. The van der Waals surface area contributed by atoms with Crippen LogP contribution >= 0.6 is 0 Å². The number of hydrogen-bond donors (Lipinski definition) is 1. The number of morpholine rings is 1. The van der Waals surface area contributed by atoms with Crippen molar-refractivity contribution in [2.75, 3.05) is 39.4 Å². The number of rotatable bonds is 5. The number of benzene rings is 2. The van der Waals surface area contributed by atoms with Crippen LogP contribution in [0, 0.1) is 5.82 Å². The Morgan fingerprint density at radius 3 is 2.65 bits per heavy atom. The first kappa shape index (κ1) is 22.6. The fraction of sp³-hybridized carbons (Fsp3) is 0.385. The first-order chi connectivity index (χ1) is 16.4. The van der Waals surface area contributed by atoms with E-state index in [0.29, 0.717) is 31.7 Å². The summed E-state index contributed by atoms with van der Waals surface area (Å²) in [6.07, 6.45) is 0.706. The molecule has 0 bridgehead atoms. The number of amides is 1. The first-order valence-electron chi connectivity index (χ1n) is 11.6. The summed E-state index contributed by atoms with van der Waals surface area (Å²) in [4.78, 5) is 29.8. The van der Waals surface area contributed by atoms with Crippen LogP contribution in [-0.2, 0) is 20.7 Å². The van der Waals surface area contributed by atoms with Crippen LogP contribution in [-0.4, -0.2) is 72.1 Å². The normalized spacial score (nSPS) is 24.4. The molecule has 34 heavy (non-hydrogen) atoms. The summed E-state index contributed by atoms with van der Waals surface area (Å²) in [6, 6.07) is 10.2. The first-order valence-corrected chi connectivity index (χ1v) is 11.6. The minimum absolute atomic E-state index is 0.0246. The van der Waals surface area contributed by atoms with E-state index < -0.39 is 23.5 Å². The zero-order valence-electron chi connectivity index (χ0n) is 19.0. The monoisotopic (exact) mass is 466 g/mol. The molecule has 2 atom stereocenters. The molecule has 0 aromatic heterocycles. The highest BCUT2D eigenvalue weighted by Crippen LogP contribution is 2.41. The van der Waals surface area contributed by atoms with Gasteiger partial charge in [0, 0.05) is 43.7 Å². The van der Waals surface area contributed by atoms with Gasteiger partial charge in [-0.15, -0.1) is 0 Å². The predicted molar refractivity (Wildman–Crippen MR) is 123 cm³/mol. The largest absolute Gasteiger partial charge is 0.507 e. The molecule has 8 heteroatoms. The molecule has 3 aliphatic heterocycles. The third kappa shape index (κ3) is 4.08. The number of Topliss-reactive ketones (excluding diaryl/α,β-unsaturated/α-hetero) is 1. The molecule has 0 saturated carbocycles. The van der Waals surface area contributed by atoms with Gasteiger partial charge in [-0.05, 0) is 36.8 Å². The van der Waals surface area contributed by atoms with Crippen molar-refractivity contribution in [3.8, 4) is 5.75 Å². The molecule has 2 aromatic rings. The fourth-order valence-corrected chi connectivity index (χ4v) is 4.93. The highest BCUT2D eigenvalue weighted by atomic mass is 19.1. The van der Waals surface area contributed by atoms with Crippen molar-refractivity contribution in [3.63, 3.8) is 0 Å². The van der Waals surface area contributed by atoms with Crippen molar-refractivity contribution < 1.29 is 28.6 Å². The van der Waals surface area contributed by atoms with Crippen LogP contribution in [0.25, 0.3) is 5.76 Å². The smallest absolute Gasteiger partial charge is 0.295 e. The predicted octanol–water partition coefficient (Wildman–Crippen LogP) is 2.90. The zero-order chi connectivity index (χ0) is 23.8. The maximum absolute atomic E-state index is 14.9. The SMILES string of the molecule is C[C@@H]1Cc2cc(/C(O)=C3\C(=O)C(=O)N(CCN4CCOCC4)[C@@H]3c3ccccc3F)ccc2O1. The summed E-state index contributed by atoms with van der Waals surface area (Å²) in [5.74, 6) is -1.64. The lowest BCUT2D eigenvalue weighted by molar-refractivity contribution is -0.140. The Labute approximate surface area is 197 Å². The van der Waals surface area contributed by atoms with Gasteiger partial charge in [-0.25, -0.2) is 4.39 Å². The van der Waals surface area contributed by atoms with Crippen molar-refractivity contribution in [2.24, 2.45) is 0 Å². The number of fused-ring (bicyclic) bond motifs is 1. The number of aliphatic hydroxyl groups excluding tert-OH is 1. The Morgan fingerprint density at radius 1 is 1.12 bits per heavy atom. The Kier molecular flexibility index (Phi) is 6.10. The second kappa shape index (κ2) is 9.19. The molecule has 0 radical (unpaired) electrons. The Hall–Kier alpha value is -3.23. The highest BCUT2D eigenvalue weighted by Gasteiger charge is 2.47. The van der Waals surface area contributed by atoms with Gasteiger partial charge in [0.25, 0.3) is 11.7 Å². The highest BCUT2D eigenvalue weighted by molar-refractivity contribution is 6.46. The summed E-state index contributed by atoms with van der Waals surface area (Å²) in [5, 5.41) is 11.3. The molecule has 2 aromatic carbocycles. The molecular formula is C26H27FN2O5. The van der Waals surface area contributed by atoms with Crippen LogP contribution in [0.5, 0.6) is 5.75 Å². The number of likely N-dealkylation sites (tertiary alicyclic amines) is 1. The van der Waals surface area contributed by atoms with Crippen LogP contribution in [0.4, 0.5) is 4.39 Å². The lowest BCUT2D eigenvalue weighted by Crippen LogP contribution is -2.42. The molecule has 3 aliphatic rings. The number of ether oxygens (including phenoxy) is 2. The van der Waals surface area contributed by atoms with E-state index in [2.05, 4.69) is 4.90 Å². The number of carbonyl (C=O) groups is 2. The van der Waals surface area contributed by atoms with E-state index in [1.807, 2.05) is 6.92 Å². The average molecular weight is 467 g/mol. The third-order valence-corrected chi connectivity index (χ3v) is 6.67. The van der Waals surface area contributed by atoms with E-state index in [1.165, 1.54) is 11.0 Å². The Balaban J connectivity index is 1.54. The molecule has 1 amide bonds. The van der Waals surface area contributed by atoms with Crippen LogP contribution in [0.3, 0.4) is 0 Å². The topological polar surface area (TPSA) is 79.3 Å². The van der Waals surface area contributed by atoms with Crippen LogP contribution < -0.4 is 4.74 Å².